The molecule has 1 aliphatic heterocycles. The molecule has 0 aromatic heterocycles. The van der Waals surface area contributed by atoms with Crippen molar-refractivity contribution in [3.05, 3.63) is 29.8 Å². The van der Waals surface area contributed by atoms with Gasteiger partial charge in [0.05, 0.1) is 17.0 Å². The van der Waals surface area contributed by atoms with Gasteiger partial charge in [-0.05, 0) is 37.1 Å². The Kier molecular flexibility index (Phi) is 7.53. The van der Waals surface area contributed by atoms with Gasteiger partial charge in [0.25, 0.3) is 5.91 Å². The molecule has 0 saturated carbocycles. The van der Waals surface area contributed by atoms with Crippen LogP contribution in [0.15, 0.2) is 29.2 Å². The number of rotatable bonds is 7. The standard InChI is InChI=1S/C18H25N3O6S/c1-19-16(22)12-20(2)17(23)13-27-18(24)14-6-8-15(9-7-14)28(25,26)21-10-4-3-5-11-21/h6-9H,3-5,10-13H2,1-2H3,(H,19,22). The molecular weight excluding hydrogens is 386 g/mol. The van der Waals surface area contributed by atoms with Gasteiger partial charge >= 0.3 is 5.97 Å². The Labute approximate surface area is 164 Å². The number of carbonyl (C=O) groups is 3. The van der Waals surface area contributed by atoms with Gasteiger partial charge in [-0.3, -0.25) is 9.59 Å². The lowest BCUT2D eigenvalue weighted by Crippen LogP contribution is -2.39. The lowest BCUT2D eigenvalue weighted by molar-refractivity contribution is -0.137. The summed E-state index contributed by atoms with van der Waals surface area (Å²) in [6.07, 6.45) is 2.70. The van der Waals surface area contributed by atoms with Crippen molar-refractivity contribution in [3.63, 3.8) is 0 Å². The number of carbonyl (C=O) groups excluding carboxylic acids is 3. The van der Waals surface area contributed by atoms with Gasteiger partial charge in [-0.1, -0.05) is 6.42 Å². The third kappa shape index (κ3) is 5.52. The maximum absolute atomic E-state index is 12.6. The van der Waals surface area contributed by atoms with Crippen LogP contribution in [0.4, 0.5) is 0 Å². The van der Waals surface area contributed by atoms with Crippen LogP contribution in [0.1, 0.15) is 29.6 Å². The average Bonchev–Trinajstić information content (AvgIpc) is 2.72. The molecule has 0 spiro atoms. The second-order valence-electron chi connectivity index (χ2n) is 6.49. The molecule has 0 atom stereocenters. The maximum Gasteiger partial charge on any atom is 0.338 e. The third-order valence-electron chi connectivity index (χ3n) is 4.45. The van der Waals surface area contributed by atoms with E-state index in [9.17, 15) is 22.8 Å². The van der Waals surface area contributed by atoms with E-state index in [-0.39, 0.29) is 22.9 Å². The van der Waals surface area contributed by atoms with Gasteiger partial charge in [0.15, 0.2) is 6.61 Å². The molecular formula is C18H25N3O6S. The zero-order valence-electron chi connectivity index (χ0n) is 16.0. The molecule has 1 aromatic rings. The fourth-order valence-electron chi connectivity index (χ4n) is 2.72. The Morgan fingerprint density at radius 1 is 1.11 bits per heavy atom. The van der Waals surface area contributed by atoms with Crippen molar-refractivity contribution in [1.29, 1.82) is 0 Å². The van der Waals surface area contributed by atoms with Crippen LogP contribution >= 0.6 is 0 Å². The van der Waals surface area contributed by atoms with Crippen LogP contribution in [0.25, 0.3) is 0 Å². The first-order valence-electron chi connectivity index (χ1n) is 8.97. The number of hydrogen-bond donors (Lipinski definition) is 1. The monoisotopic (exact) mass is 411 g/mol. The second-order valence-corrected chi connectivity index (χ2v) is 8.43. The molecule has 1 fully saturated rings. The van der Waals surface area contributed by atoms with Gasteiger partial charge in [-0.15, -0.1) is 0 Å². The van der Waals surface area contributed by atoms with Crippen molar-refractivity contribution in [2.24, 2.45) is 0 Å². The smallest absolute Gasteiger partial charge is 0.338 e. The van der Waals surface area contributed by atoms with Crippen molar-refractivity contribution in [2.45, 2.75) is 24.2 Å². The molecule has 1 heterocycles. The Bertz CT molecular complexity index is 816. The Balaban J connectivity index is 1.94. The van der Waals surface area contributed by atoms with E-state index in [0.717, 1.165) is 24.2 Å². The minimum Gasteiger partial charge on any atom is -0.452 e. The number of amides is 2. The van der Waals surface area contributed by atoms with E-state index in [1.807, 2.05) is 0 Å². The predicted molar refractivity (Wildman–Crippen MR) is 101 cm³/mol. The molecule has 154 valence electrons. The highest BCUT2D eigenvalue weighted by molar-refractivity contribution is 7.89. The van der Waals surface area contributed by atoms with E-state index < -0.39 is 28.5 Å². The first-order chi connectivity index (χ1) is 13.3. The molecule has 0 radical (unpaired) electrons. The molecule has 0 aliphatic carbocycles. The number of benzene rings is 1. The van der Waals surface area contributed by atoms with Crippen LogP contribution < -0.4 is 5.32 Å². The quantitative estimate of drug-likeness (QED) is 0.643. The van der Waals surface area contributed by atoms with Crippen LogP contribution in [-0.2, 0) is 24.3 Å². The normalized spacial score (nSPS) is 14.9. The SMILES string of the molecule is CNC(=O)CN(C)C(=O)COC(=O)c1ccc(S(=O)(=O)N2CCCCC2)cc1. The summed E-state index contributed by atoms with van der Waals surface area (Å²) in [5, 5.41) is 2.39. The van der Waals surface area contributed by atoms with E-state index in [2.05, 4.69) is 5.32 Å². The van der Waals surface area contributed by atoms with Crippen LogP contribution in [0.3, 0.4) is 0 Å². The zero-order valence-corrected chi connectivity index (χ0v) is 16.8. The summed E-state index contributed by atoms with van der Waals surface area (Å²) in [7, 11) is -0.697. The number of ether oxygens (including phenoxy) is 1. The summed E-state index contributed by atoms with van der Waals surface area (Å²) in [6.45, 7) is 0.339. The number of nitrogens with one attached hydrogen (secondary N) is 1. The number of nitrogens with zero attached hydrogens (tertiary/aromatic N) is 2. The summed E-state index contributed by atoms with van der Waals surface area (Å²) < 4.78 is 31.6. The zero-order chi connectivity index (χ0) is 20.7. The Morgan fingerprint density at radius 3 is 2.29 bits per heavy atom. The Morgan fingerprint density at radius 2 is 1.71 bits per heavy atom. The largest absolute Gasteiger partial charge is 0.452 e. The number of piperidine rings is 1. The van der Waals surface area contributed by atoms with Crippen LogP contribution in [0, 0.1) is 0 Å². The number of likely N-dealkylation sites (N-methyl/N-ethyl adjacent to an activating group) is 2. The third-order valence-corrected chi connectivity index (χ3v) is 6.37. The molecule has 1 aliphatic rings. The van der Waals surface area contributed by atoms with Crippen LogP contribution in [-0.4, -0.2) is 75.7 Å². The van der Waals surface area contributed by atoms with Crippen molar-refractivity contribution in [3.8, 4) is 0 Å². The number of esters is 1. The Hall–Kier alpha value is -2.46. The second kappa shape index (κ2) is 9.65. The molecule has 1 saturated heterocycles. The fraction of sp³-hybridized carbons (Fsp3) is 0.500. The van der Waals surface area contributed by atoms with E-state index in [1.54, 1.807) is 0 Å². The molecule has 0 bridgehead atoms. The lowest BCUT2D eigenvalue weighted by atomic mass is 10.2. The maximum atomic E-state index is 12.6. The highest BCUT2D eigenvalue weighted by Crippen LogP contribution is 2.21. The highest BCUT2D eigenvalue weighted by atomic mass is 32.2. The van der Waals surface area contributed by atoms with E-state index in [1.165, 1.54) is 42.7 Å². The summed E-state index contributed by atoms with van der Waals surface area (Å²) in [5.74, 6) is -1.61. The minimum absolute atomic E-state index is 0.118. The van der Waals surface area contributed by atoms with Gasteiger partial charge < -0.3 is 15.0 Å². The van der Waals surface area contributed by atoms with Gasteiger partial charge in [0.2, 0.25) is 15.9 Å². The van der Waals surface area contributed by atoms with Gasteiger partial charge in [-0.25, -0.2) is 13.2 Å². The highest BCUT2D eigenvalue weighted by Gasteiger charge is 2.26. The molecule has 10 heteroatoms. The average molecular weight is 411 g/mol. The minimum atomic E-state index is -3.57. The fourth-order valence-corrected chi connectivity index (χ4v) is 4.24. The van der Waals surface area contributed by atoms with Gasteiger partial charge in [-0.2, -0.15) is 4.31 Å². The first-order valence-corrected chi connectivity index (χ1v) is 10.4. The molecule has 1 aromatic carbocycles. The molecule has 9 nitrogen and oxygen atoms in total. The van der Waals surface area contributed by atoms with Crippen LogP contribution in [0.5, 0.6) is 0 Å². The summed E-state index contributed by atoms with van der Waals surface area (Å²) in [5.41, 5.74) is 0.138. The lowest BCUT2D eigenvalue weighted by Gasteiger charge is -2.25. The van der Waals surface area contributed by atoms with Crippen molar-refractivity contribution >= 4 is 27.8 Å². The van der Waals surface area contributed by atoms with Crippen molar-refractivity contribution < 1.29 is 27.5 Å². The van der Waals surface area contributed by atoms with Gasteiger partial charge in [0.1, 0.15) is 0 Å². The van der Waals surface area contributed by atoms with E-state index in [4.69, 9.17) is 4.74 Å². The van der Waals surface area contributed by atoms with E-state index >= 15 is 0 Å². The molecule has 2 amide bonds. The predicted octanol–water partition coefficient (Wildman–Crippen LogP) is 0.222. The topological polar surface area (TPSA) is 113 Å². The van der Waals surface area contributed by atoms with Crippen molar-refractivity contribution in [2.75, 3.05) is 40.3 Å². The molecule has 2 rings (SSSR count). The summed E-state index contributed by atoms with van der Waals surface area (Å²) >= 11 is 0. The first kappa shape index (κ1) is 21.8. The summed E-state index contributed by atoms with van der Waals surface area (Å²) in [4.78, 5) is 36.5. The summed E-state index contributed by atoms with van der Waals surface area (Å²) in [6, 6.07) is 5.44. The van der Waals surface area contributed by atoms with E-state index in [0.29, 0.717) is 13.1 Å². The van der Waals surface area contributed by atoms with Crippen molar-refractivity contribution in [1.82, 2.24) is 14.5 Å². The molecule has 28 heavy (non-hydrogen) atoms. The van der Waals surface area contributed by atoms with Gasteiger partial charge in [0, 0.05) is 27.2 Å². The molecule has 1 N–H and O–H groups in total. The molecule has 0 unspecified atom stereocenters. The number of sulfonamides is 1. The van der Waals surface area contributed by atoms with Crippen LogP contribution in [0.2, 0.25) is 0 Å². The number of hydrogen-bond acceptors (Lipinski definition) is 6.